The summed E-state index contributed by atoms with van der Waals surface area (Å²) >= 11 is 0. The van der Waals surface area contributed by atoms with E-state index < -0.39 is 6.09 Å². The largest absolute Gasteiger partial charge is 0.410 e. The number of ether oxygens (including phenoxy) is 1. The molecule has 0 aromatic carbocycles. The van der Waals surface area contributed by atoms with Gasteiger partial charge in [0, 0.05) is 12.2 Å². The van der Waals surface area contributed by atoms with Crippen LogP contribution in [0.1, 0.15) is 26.3 Å². The van der Waals surface area contributed by atoms with Crippen LogP contribution >= 0.6 is 0 Å². The van der Waals surface area contributed by atoms with E-state index in [-0.39, 0.29) is 22.8 Å². The van der Waals surface area contributed by atoms with Crippen molar-refractivity contribution in [2.75, 3.05) is 0 Å². The van der Waals surface area contributed by atoms with Gasteiger partial charge < -0.3 is 15.0 Å². The van der Waals surface area contributed by atoms with Crippen molar-refractivity contribution < 1.29 is 9.53 Å². The lowest BCUT2D eigenvalue weighted by Gasteiger charge is -2.08. The van der Waals surface area contributed by atoms with Gasteiger partial charge in [-0.05, 0) is 24.0 Å². The molecule has 0 spiro atoms. The minimum atomic E-state index is -0.968. The fourth-order valence-corrected chi connectivity index (χ4v) is 1.84. The van der Waals surface area contributed by atoms with E-state index in [9.17, 15) is 9.59 Å². The van der Waals surface area contributed by atoms with Crippen molar-refractivity contribution in [1.29, 1.82) is 0 Å². The van der Waals surface area contributed by atoms with Crippen LogP contribution < -0.4 is 16.0 Å². The van der Waals surface area contributed by atoms with E-state index in [1.807, 2.05) is 0 Å². The zero-order chi connectivity index (χ0) is 11.9. The molecule has 1 aromatic heterocycles. The van der Waals surface area contributed by atoms with Gasteiger partial charge in [0.1, 0.15) is 0 Å². The summed E-state index contributed by atoms with van der Waals surface area (Å²) in [5.74, 6) is -0.0160. The highest BCUT2D eigenvalue weighted by molar-refractivity contribution is 5.67. The van der Waals surface area contributed by atoms with E-state index in [1.165, 1.54) is 6.07 Å². The van der Waals surface area contributed by atoms with Crippen molar-refractivity contribution in [2.24, 2.45) is 11.1 Å². The maximum absolute atomic E-state index is 11.9. The highest BCUT2D eigenvalue weighted by Crippen LogP contribution is 2.54. The number of amides is 1. The number of nitrogens with zero attached hydrogens (tertiary/aromatic N) is 1. The normalized spacial score (nSPS) is 21.5. The zero-order valence-corrected chi connectivity index (χ0v) is 9.27. The molecule has 0 saturated heterocycles. The molecule has 1 amide bonds. The first kappa shape index (κ1) is 10.7. The average Bonchev–Trinajstić information content (AvgIpc) is 2.78. The van der Waals surface area contributed by atoms with Crippen LogP contribution in [0.5, 0.6) is 5.75 Å². The first-order valence-corrected chi connectivity index (χ1v) is 5.10. The molecule has 2 rings (SSSR count). The minimum Gasteiger partial charge on any atom is -0.405 e. The van der Waals surface area contributed by atoms with Crippen molar-refractivity contribution >= 4 is 6.09 Å². The van der Waals surface area contributed by atoms with Crippen LogP contribution in [0.15, 0.2) is 23.1 Å². The molecule has 1 aliphatic carbocycles. The van der Waals surface area contributed by atoms with Crippen LogP contribution in [-0.2, 0) is 0 Å². The number of carbonyl (C=O) groups excluding carboxylic acids is 1. The van der Waals surface area contributed by atoms with Gasteiger partial charge in [0.2, 0.25) is 0 Å². The van der Waals surface area contributed by atoms with Crippen LogP contribution in [0.25, 0.3) is 0 Å². The quantitative estimate of drug-likeness (QED) is 0.819. The third kappa shape index (κ3) is 1.80. The van der Waals surface area contributed by atoms with Gasteiger partial charge in [-0.15, -0.1) is 0 Å². The summed E-state index contributed by atoms with van der Waals surface area (Å²) < 4.78 is 6.23. The number of aromatic nitrogens is 1. The smallest absolute Gasteiger partial charge is 0.405 e. The molecule has 2 N–H and O–H groups in total. The summed E-state index contributed by atoms with van der Waals surface area (Å²) in [6, 6.07) is 3.30. The van der Waals surface area contributed by atoms with Gasteiger partial charge in [-0.25, -0.2) is 4.79 Å². The lowest BCUT2D eigenvalue weighted by atomic mass is 10.2. The third-order valence-corrected chi connectivity index (χ3v) is 2.95. The van der Waals surface area contributed by atoms with Crippen molar-refractivity contribution in [2.45, 2.75) is 26.3 Å². The molecule has 5 nitrogen and oxygen atoms in total. The second-order valence-corrected chi connectivity index (χ2v) is 4.71. The van der Waals surface area contributed by atoms with Gasteiger partial charge in [-0.2, -0.15) is 0 Å². The first-order valence-electron chi connectivity index (χ1n) is 5.10. The molecular formula is C11H14N2O3. The van der Waals surface area contributed by atoms with E-state index in [1.54, 1.807) is 16.8 Å². The number of rotatable bonds is 2. The van der Waals surface area contributed by atoms with Gasteiger partial charge in [0.25, 0.3) is 5.56 Å². The number of hydrogen-bond acceptors (Lipinski definition) is 3. The van der Waals surface area contributed by atoms with Crippen molar-refractivity contribution in [3.63, 3.8) is 0 Å². The Balaban J connectivity index is 2.35. The predicted octanol–water partition coefficient (Wildman–Crippen LogP) is 1.28. The van der Waals surface area contributed by atoms with E-state index in [0.717, 1.165) is 6.42 Å². The molecule has 1 aliphatic rings. The molecule has 5 heteroatoms. The SMILES string of the molecule is CC1(C)CC1n1cccc(OC(N)=O)c1=O. The summed E-state index contributed by atoms with van der Waals surface area (Å²) in [6.07, 6.45) is 1.69. The monoisotopic (exact) mass is 222 g/mol. The van der Waals surface area contributed by atoms with E-state index in [2.05, 4.69) is 18.6 Å². The lowest BCUT2D eigenvalue weighted by Crippen LogP contribution is -2.26. The number of nitrogens with two attached hydrogens (primary N) is 1. The predicted molar refractivity (Wildman–Crippen MR) is 58.3 cm³/mol. The lowest BCUT2D eigenvalue weighted by molar-refractivity contribution is 0.210. The Morgan fingerprint density at radius 2 is 2.25 bits per heavy atom. The van der Waals surface area contributed by atoms with Gasteiger partial charge in [-0.3, -0.25) is 4.79 Å². The van der Waals surface area contributed by atoms with Crippen molar-refractivity contribution in [3.8, 4) is 5.75 Å². The Kier molecular flexibility index (Phi) is 2.26. The number of carbonyl (C=O) groups is 1. The fourth-order valence-electron chi connectivity index (χ4n) is 1.84. The second-order valence-electron chi connectivity index (χ2n) is 4.71. The minimum absolute atomic E-state index is 0.0160. The van der Waals surface area contributed by atoms with E-state index >= 15 is 0 Å². The number of hydrogen-bond donors (Lipinski definition) is 1. The molecule has 86 valence electrons. The van der Waals surface area contributed by atoms with Crippen LogP contribution in [0.3, 0.4) is 0 Å². The molecule has 1 aromatic rings. The van der Waals surface area contributed by atoms with Crippen molar-refractivity contribution in [3.05, 3.63) is 28.7 Å². The van der Waals surface area contributed by atoms with Crippen LogP contribution in [0.4, 0.5) is 4.79 Å². The van der Waals surface area contributed by atoms with Crippen LogP contribution in [0, 0.1) is 5.41 Å². The Morgan fingerprint density at radius 1 is 1.62 bits per heavy atom. The molecule has 0 radical (unpaired) electrons. The molecule has 1 saturated carbocycles. The first-order chi connectivity index (χ1) is 7.42. The van der Waals surface area contributed by atoms with Gasteiger partial charge >= 0.3 is 6.09 Å². The van der Waals surface area contributed by atoms with Crippen molar-refractivity contribution in [1.82, 2.24) is 4.57 Å². The van der Waals surface area contributed by atoms with Crippen LogP contribution in [-0.4, -0.2) is 10.7 Å². The fraction of sp³-hybridized carbons (Fsp3) is 0.455. The molecule has 1 fully saturated rings. The highest BCUT2D eigenvalue weighted by Gasteiger charge is 2.47. The zero-order valence-electron chi connectivity index (χ0n) is 9.27. The second kappa shape index (κ2) is 3.37. The molecule has 16 heavy (non-hydrogen) atoms. The highest BCUT2D eigenvalue weighted by atomic mass is 16.5. The summed E-state index contributed by atoms with van der Waals surface area (Å²) in [6.45, 7) is 4.18. The maximum atomic E-state index is 11.9. The Bertz CT molecular complexity index is 490. The van der Waals surface area contributed by atoms with Gasteiger partial charge in [0.15, 0.2) is 5.75 Å². The Hall–Kier alpha value is -1.78. The average molecular weight is 222 g/mol. The summed E-state index contributed by atoms with van der Waals surface area (Å²) in [5, 5.41) is 0. The third-order valence-electron chi connectivity index (χ3n) is 2.95. The standard InChI is InChI=1S/C11H14N2O3/c1-11(2)6-8(11)13-5-3-4-7(9(13)14)16-10(12)15/h3-5,8H,6H2,1-2H3,(H2,12,15). The summed E-state index contributed by atoms with van der Waals surface area (Å²) in [4.78, 5) is 22.5. The van der Waals surface area contributed by atoms with Gasteiger partial charge in [-0.1, -0.05) is 13.8 Å². The molecule has 0 bridgehead atoms. The summed E-state index contributed by atoms with van der Waals surface area (Å²) in [7, 11) is 0. The maximum Gasteiger partial charge on any atom is 0.410 e. The Labute approximate surface area is 92.8 Å². The summed E-state index contributed by atoms with van der Waals surface area (Å²) in [5.41, 5.74) is 4.70. The Morgan fingerprint density at radius 3 is 2.75 bits per heavy atom. The van der Waals surface area contributed by atoms with Gasteiger partial charge in [0.05, 0.1) is 0 Å². The number of pyridine rings is 1. The molecule has 1 heterocycles. The topological polar surface area (TPSA) is 74.3 Å². The number of primary amides is 1. The molecule has 1 unspecified atom stereocenters. The molecular weight excluding hydrogens is 208 g/mol. The molecule has 1 atom stereocenters. The van der Waals surface area contributed by atoms with E-state index in [0.29, 0.717) is 0 Å². The molecule has 0 aliphatic heterocycles. The van der Waals surface area contributed by atoms with E-state index in [4.69, 9.17) is 5.73 Å². The van der Waals surface area contributed by atoms with Crippen LogP contribution in [0.2, 0.25) is 0 Å².